The van der Waals surface area contributed by atoms with Crippen molar-refractivity contribution in [3.8, 4) is 0 Å². The highest BCUT2D eigenvalue weighted by Crippen LogP contribution is 2.27. The molecule has 2 unspecified atom stereocenters. The molecule has 0 spiro atoms. The normalized spacial score (nSPS) is 14.1. The predicted octanol–water partition coefficient (Wildman–Crippen LogP) is 2.03. The fourth-order valence-electron chi connectivity index (χ4n) is 2.67. The Labute approximate surface area is 169 Å². The van der Waals surface area contributed by atoms with Gasteiger partial charge in [-0.15, -0.1) is 0 Å². The topological polar surface area (TPSA) is 119 Å². The number of sulfonamides is 2. The van der Waals surface area contributed by atoms with Crippen molar-refractivity contribution in [2.75, 3.05) is 18.1 Å². The predicted molar refractivity (Wildman–Crippen MR) is 106 cm³/mol. The van der Waals surface area contributed by atoms with Gasteiger partial charge in [0.1, 0.15) is 10.7 Å². The standard InChI is InChI=1S/C18H21FN2O6S2/c1-12(18(22)27-2)17(13-7-5-4-6-8-13)21-29(25,26)16-10-9-14(11-15(16)19)20-28(3,23)24/h4-12,17,20-21H,1-3H3. The van der Waals surface area contributed by atoms with Crippen LogP contribution in [-0.2, 0) is 29.6 Å². The Bertz CT molecular complexity index is 1090. The number of ether oxygens (including phenoxy) is 1. The Hall–Kier alpha value is -2.50. The van der Waals surface area contributed by atoms with Gasteiger partial charge in [0.25, 0.3) is 0 Å². The number of hydrogen-bond donors (Lipinski definition) is 2. The number of hydrogen-bond acceptors (Lipinski definition) is 6. The zero-order chi connectivity index (χ0) is 21.8. The zero-order valence-electron chi connectivity index (χ0n) is 15.9. The molecule has 0 aromatic heterocycles. The molecule has 0 saturated heterocycles. The van der Waals surface area contributed by atoms with E-state index in [1.54, 1.807) is 30.3 Å². The summed E-state index contributed by atoms with van der Waals surface area (Å²) in [5.74, 6) is -2.69. The largest absolute Gasteiger partial charge is 0.469 e. The van der Waals surface area contributed by atoms with Gasteiger partial charge in [-0.3, -0.25) is 9.52 Å². The first-order valence-electron chi connectivity index (χ1n) is 8.37. The number of benzene rings is 2. The van der Waals surface area contributed by atoms with Crippen LogP contribution in [0.2, 0.25) is 0 Å². The number of nitrogens with one attached hydrogen (secondary N) is 2. The minimum Gasteiger partial charge on any atom is -0.469 e. The van der Waals surface area contributed by atoms with Gasteiger partial charge in [-0.25, -0.2) is 25.9 Å². The molecule has 0 aliphatic heterocycles. The van der Waals surface area contributed by atoms with Crippen LogP contribution < -0.4 is 9.44 Å². The zero-order valence-corrected chi connectivity index (χ0v) is 17.6. The van der Waals surface area contributed by atoms with Crippen LogP contribution in [0.25, 0.3) is 0 Å². The minimum absolute atomic E-state index is 0.119. The van der Waals surface area contributed by atoms with E-state index in [-0.39, 0.29) is 5.69 Å². The summed E-state index contributed by atoms with van der Waals surface area (Å²) in [7, 11) is -6.87. The smallest absolute Gasteiger partial charge is 0.310 e. The summed E-state index contributed by atoms with van der Waals surface area (Å²) in [6.45, 7) is 1.49. The van der Waals surface area contributed by atoms with Crippen molar-refractivity contribution in [2.45, 2.75) is 17.9 Å². The molecule has 0 bridgehead atoms. The average molecular weight is 445 g/mol. The molecule has 2 N–H and O–H groups in total. The Balaban J connectivity index is 2.41. The monoisotopic (exact) mass is 444 g/mol. The summed E-state index contributed by atoms with van der Waals surface area (Å²) < 4.78 is 71.7. The lowest BCUT2D eigenvalue weighted by molar-refractivity contribution is -0.145. The second kappa shape index (κ2) is 8.89. The molecule has 0 fully saturated rings. The molecule has 2 rings (SSSR count). The van der Waals surface area contributed by atoms with Gasteiger partial charge in [0.2, 0.25) is 20.0 Å². The van der Waals surface area contributed by atoms with Crippen molar-refractivity contribution in [2.24, 2.45) is 5.92 Å². The number of carbonyl (C=O) groups excluding carboxylic acids is 1. The third-order valence-corrected chi connectivity index (χ3v) is 6.12. The van der Waals surface area contributed by atoms with E-state index in [1.807, 2.05) is 0 Å². The lowest BCUT2D eigenvalue weighted by atomic mass is 9.95. The highest BCUT2D eigenvalue weighted by molar-refractivity contribution is 7.92. The van der Waals surface area contributed by atoms with Crippen molar-refractivity contribution in [1.29, 1.82) is 0 Å². The molecule has 0 amide bonds. The van der Waals surface area contributed by atoms with E-state index in [9.17, 15) is 26.0 Å². The van der Waals surface area contributed by atoms with Gasteiger partial charge in [0, 0.05) is 0 Å². The molecule has 8 nitrogen and oxygen atoms in total. The van der Waals surface area contributed by atoms with Crippen LogP contribution in [0.5, 0.6) is 0 Å². The SMILES string of the molecule is COC(=O)C(C)C(NS(=O)(=O)c1ccc(NS(C)(=O)=O)cc1F)c1ccccc1. The molecular formula is C18H21FN2O6S2. The summed E-state index contributed by atoms with van der Waals surface area (Å²) in [5, 5.41) is 0. The number of rotatable bonds is 8. The molecule has 11 heteroatoms. The molecule has 0 aliphatic carbocycles. The molecule has 2 aromatic rings. The Morgan fingerprint density at radius 1 is 1.07 bits per heavy atom. The van der Waals surface area contributed by atoms with Gasteiger partial charge in [0.05, 0.1) is 31.0 Å². The fourth-order valence-corrected chi connectivity index (χ4v) is 4.59. The Morgan fingerprint density at radius 2 is 1.69 bits per heavy atom. The molecule has 0 saturated carbocycles. The number of halogens is 1. The quantitative estimate of drug-likeness (QED) is 0.602. The third kappa shape index (κ3) is 5.99. The first-order valence-corrected chi connectivity index (χ1v) is 11.7. The number of methoxy groups -OCH3 is 1. The maximum absolute atomic E-state index is 14.5. The second-order valence-electron chi connectivity index (χ2n) is 6.34. The average Bonchev–Trinajstić information content (AvgIpc) is 2.64. The van der Waals surface area contributed by atoms with Gasteiger partial charge in [-0.1, -0.05) is 37.3 Å². The van der Waals surface area contributed by atoms with E-state index < -0.39 is 48.7 Å². The summed E-state index contributed by atoms with van der Waals surface area (Å²) in [4.78, 5) is 11.3. The Kier molecular flexibility index (Phi) is 6.98. The summed E-state index contributed by atoms with van der Waals surface area (Å²) in [6.07, 6.45) is 0.885. The molecule has 0 aliphatic rings. The van der Waals surface area contributed by atoms with Crippen LogP contribution in [0, 0.1) is 11.7 Å². The molecule has 0 heterocycles. The first kappa shape index (κ1) is 22.8. The van der Waals surface area contributed by atoms with Gasteiger partial charge in [-0.05, 0) is 23.8 Å². The van der Waals surface area contributed by atoms with Crippen molar-refractivity contribution in [1.82, 2.24) is 4.72 Å². The fraction of sp³-hybridized carbons (Fsp3) is 0.278. The van der Waals surface area contributed by atoms with Gasteiger partial charge in [0.15, 0.2) is 0 Å². The van der Waals surface area contributed by atoms with Crippen LogP contribution in [0.15, 0.2) is 53.4 Å². The number of anilines is 1. The van der Waals surface area contributed by atoms with Crippen LogP contribution >= 0.6 is 0 Å². The van der Waals surface area contributed by atoms with E-state index >= 15 is 0 Å². The lowest BCUT2D eigenvalue weighted by Crippen LogP contribution is -2.36. The van der Waals surface area contributed by atoms with E-state index in [1.165, 1.54) is 14.0 Å². The number of esters is 1. The van der Waals surface area contributed by atoms with Gasteiger partial charge >= 0.3 is 5.97 Å². The summed E-state index contributed by atoms with van der Waals surface area (Å²) in [6, 6.07) is 10.1. The van der Waals surface area contributed by atoms with Crippen molar-refractivity contribution < 1.29 is 30.8 Å². The van der Waals surface area contributed by atoms with Crippen molar-refractivity contribution in [3.63, 3.8) is 0 Å². The van der Waals surface area contributed by atoms with E-state index in [0.717, 1.165) is 24.5 Å². The Morgan fingerprint density at radius 3 is 2.21 bits per heavy atom. The third-order valence-electron chi connectivity index (χ3n) is 4.04. The van der Waals surface area contributed by atoms with E-state index in [4.69, 9.17) is 4.74 Å². The minimum atomic E-state index is -4.40. The van der Waals surface area contributed by atoms with Crippen molar-refractivity contribution in [3.05, 3.63) is 59.9 Å². The molecule has 2 aromatic carbocycles. The van der Waals surface area contributed by atoms with Crippen LogP contribution in [-0.4, -0.2) is 36.2 Å². The summed E-state index contributed by atoms with van der Waals surface area (Å²) in [5.41, 5.74) is 0.372. The second-order valence-corrected chi connectivity index (χ2v) is 9.77. The first-order chi connectivity index (χ1) is 13.4. The maximum Gasteiger partial charge on any atom is 0.310 e. The maximum atomic E-state index is 14.5. The highest BCUT2D eigenvalue weighted by atomic mass is 32.2. The molecule has 0 radical (unpaired) electrons. The van der Waals surface area contributed by atoms with E-state index in [0.29, 0.717) is 5.56 Å². The van der Waals surface area contributed by atoms with Crippen LogP contribution in [0.4, 0.5) is 10.1 Å². The van der Waals surface area contributed by atoms with E-state index in [2.05, 4.69) is 9.44 Å². The molecule has 29 heavy (non-hydrogen) atoms. The van der Waals surface area contributed by atoms with Crippen molar-refractivity contribution >= 4 is 31.7 Å². The molecule has 2 atom stereocenters. The van der Waals surface area contributed by atoms with Crippen LogP contribution in [0.3, 0.4) is 0 Å². The number of carbonyl (C=O) groups is 1. The molecule has 158 valence electrons. The van der Waals surface area contributed by atoms with Crippen LogP contribution in [0.1, 0.15) is 18.5 Å². The highest BCUT2D eigenvalue weighted by Gasteiger charge is 2.32. The molecular weight excluding hydrogens is 423 g/mol. The van der Waals surface area contributed by atoms with Gasteiger partial charge < -0.3 is 4.74 Å². The summed E-state index contributed by atoms with van der Waals surface area (Å²) >= 11 is 0. The lowest BCUT2D eigenvalue weighted by Gasteiger charge is -2.24. The van der Waals surface area contributed by atoms with Gasteiger partial charge in [-0.2, -0.15) is 0 Å².